The van der Waals surface area contributed by atoms with Gasteiger partial charge < -0.3 is 15.5 Å². The molecule has 0 radical (unpaired) electrons. The molecule has 0 atom stereocenters. The van der Waals surface area contributed by atoms with Crippen molar-refractivity contribution in [2.24, 2.45) is 0 Å². The largest absolute Gasteiger partial charge is 0.365 e. The van der Waals surface area contributed by atoms with Crippen molar-refractivity contribution in [3.05, 3.63) is 28.5 Å². The van der Waals surface area contributed by atoms with E-state index in [9.17, 15) is 18.4 Å². The van der Waals surface area contributed by atoms with Gasteiger partial charge in [0.1, 0.15) is 11.5 Å². The van der Waals surface area contributed by atoms with Crippen molar-refractivity contribution in [2.75, 3.05) is 5.32 Å². The number of anilines is 1. The number of pyridine rings is 1. The Bertz CT molecular complexity index is 1170. The lowest BCUT2D eigenvalue weighted by atomic mass is 9.78. The van der Waals surface area contributed by atoms with Crippen LogP contribution in [-0.2, 0) is 0 Å². The number of carbonyl (C=O) groups excluding carboxylic acids is 2. The molecule has 0 spiro atoms. The predicted octanol–water partition coefficient (Wildman–Crippen LogP) is 5.55. The Hall–Kier alpha value is -2.62. The number of rotatable bonds is 7. The minimum absolute atomic E-state index is 0.0907. The lowest BCUT2D eigenvalue weighted by Crippen LogP contribution is -2.41. The first-order chi connectivity index (χ1) is 17.3. The molecule has 192 valence electrons. The Kier molecular flexibility index (Phi) is 5.97. The monoisotopic (exact) mass is 515 g/mol. The molecule has 2 aromatic rings. The Morgan fingerprint density at radius 3 is 2.36 bits per heavy atom. The third kappa shape index (κ3) is 4.17. The lowest BCUT2D eigenvalue weighted by Gasteiger charge is -2.39. The summed E-state index contributed by atoms with van der Waals surface area (Å²) in [5.74, 6) is -0.218. The summed E-state index contributed by atoms with van der Waals surface area (Å²) in [6.45, 7) is 2.06. The number of nitrogens with one attached hydrogen (secondary N) is 2. The second-order valence-corrected chi connectivity index (χ2v) is 12.0. The molecule has 2 saturated carbocycles. The number of nitrogens with zero attached hydrogens (tertiary/aromatic N) is 3. The van der Waals surface area contributed by atoms with Crippen LogP contribution in [0.4, 0.5) is 14.6 Å². The SMILES string of the molecule is CC1(Nc2cc(C(F)F)c(-c3sc(C(=O)NC4CCC4)nc3C(=O)N3C4CCC3CC4)cn2)CCC1. The van der Waals surface area contributed by atoms with Crippen LogP contribution in [0.15, 0.2) is 12.3 Å². The van der Waals surface area contributed by atoms with Gasteiger partial charge in [-0.25, -0.2) is 18.7 Å². The van der Waals surface area contributed by atoms with Crippen molar-refractivity contribution in [3.63, 3.8) is 0 Å². The fourth-order valence-corrected chi connectivity index (χ4v) is 6.95. The number of fused-ring (bicyclic) bond motifs is 2. The maximum atomic E-state index is 14.3. The fourth-order valence-electron chi connectivity index (χ4n) is 5.96. The van der Waals surface area contributed by atoms with Crippen molar-refractivity contribution < 1.29 is 18.4 Å². The van der Waals surface area contributed by atoms with Gasteiger partial charge in [0, 0.05) is 41.0 Å². The van der Waals surface area contributed by atoms with Crippen molar-refractivity contribution in [1.82, 2.24) is 20.2 Å². The smallest absolute Gasteiger partial charge is 0.280 e. The first-order valence-corrected chi connectivity index (χ1v) is 13.8. The Morgan fingerprint density at radius 1 is 1.11 bits per heavy atom. The molecular formula is C26H31F2N5O2S. The first kappa shape index (κ1) is 23.8. The average molecular weight is 516 g/mol. The van der Waals surface area contributed by atoms with E-state index in [0.717, 1.165) is 75.5 Å². The van der Waals surface area contributed by atoms with Gasteiger partial charge in [-0.2, -0.15) is 0 Å². The molecule has 2 bridgehead atoms. The van der Waals surface area contributed by atoms with Crippen LogP contribution < -0.4 is 10.6 Å². The van der Waals surface area contributed by atoms with Crippen molar-refractivity contribution in [1.29, 1.82) is 0 Å². The topological polar surface area (TPSA) is 87.2 Å². The number of carbonyl (C=O) groups is 2. The molecule has 0 aromatic carbocycles. The molecule has 4 heterocycles. The molecule has 2 aromatic heterocycles. The molecule has 2 amide bonds. The van der Waals surface area contributed by atoms with E-state index in [1.165, 1.54) is 12.3 Å². The molecule has 6 rings (SSSR count). The quantitative estimate of drug-likeness (QED) is 0.505. The molecule has 7 nitrogen and oxygen atoms in total. The van der Waals surface area contributed by atoms with E-state index in [1.807, 2.05) is 4.90 Å². The second-order valence-electron chi connectivity index (χ2n) is 11.0. The molecule has 4 aliphatic rings. The van der Waals surface area contributed by atoms with E-state index in [0.29, 0.717) is 10.7 Å². The molecule has 10 heteroatoms. The van der Waals surface area contributed by atoms with Gasteiger partial charge in [0.25, 0.3) is 18.2 Å². The highest BCUT2D eigenvalue weighted by Crippen LogP contribution is 2.43. The van der Waals surface area contributed by atoms with E-state index < -0.39 is 6.43 Å². The highest BCUT2D eigenvalue weighted by molar-refractivity contribution is 7.17. The minimum Gasteiger partial charge on any atom is -0.365 e. The molecule has 0 unspecified atom stereocenters. The number of hydrogen-bond acceptors (Lipinski definition) is 6. The molecular weight excluding hydrogens is 484 g/mol. The van der Waals surface area contributed by atoms with Crippen molar-refractivity contribution >= 4 is 29.0 Å². The normalized spacial score (nSPS) is 24.5. The van der Waals surface area contributed by atoms with E-state index in [-0.39, 0.29) is 57.3 Å². The third-order valence-electron chi connectivity index (χ3n) is 8.45. The van der Waals surface area contributed by atoms with Gasteiger partial charge in [0.2, 0.25) is 0 Å². The lowest BCUT2D eigenvalue weighted by molar-refractivity contribution is 0.0725. The zero-order valence-corrected chi connectivity index (χ0v) is 21.2. The zero-order chi connectivity index (χ0) is 25.0. The summed E-state index contributed by atoms with van der Waals surface area (Å²) in [5.41, 5.74) is -0.0813. The van der Waals surface area contributed by atoms with Gasteiger partial charge >= 0.3 is 0 Å². The van der Waals surface area contributed by atoms with Gasteiger partial charge in [-0.1, -0.05) is 0 Å². The van der Waals surface area contributed by atoms with Crippen LogP contribution in [0, 0.1) is 0 Å². The van der Waals surface area contributed by atoms with E-state index in [1.54, 1.807) is 0 Å². The molecule has 2 aliphatic heterocycles. The van der Waals surface area contributed by atoms with Gasteiger partial charge in [0.05, 0.1) is 4.88 Å². The molecule has 36 heavy (non-hydrogen) atoms. The van der Waals surface area contributed by atoms with Crippen molar-refractivity contribution in [2.45, 2.75) is 101 Å². The molecule has 2 N–H and O–H groups in total. The number of halogens is 2. The minimum atomic E-state index is -2.77. The van der Waals surface area contributed by atoms with Gasteiger partial charge in [-0.15, -0.1) is 11.3 Å². The summed E-state index contributed by atoms with van der Waals surface area (Å²) >= 11 is 1.01. The van der Waals surface area contributed by atoms with Crippen LogP contribution in [0.25, 0.3) is 10.4 Å². The standard InChI is InChI=1S/C26H31F2N5O2S/c1-26(10-3-11-26)32-19-12-17(22(27)28)18(13-29-19)21-20(25(35)33-15-6-7-16(33)9-8-15)31-24(36-21)23(34)30-14-4-2-5-14/h12-16,22H,2-11H2,1H3,(H,29,32)(H,30,34). The zero-order valence-electron chi connectivity index (χ0n) is 20.4. The second kappa shape index (κ2) is 9.04. The summed E-state index contributed by atoms with van der Waals surface area (Å²) in [6, 6.07) is 1.80. The summed E-state index contributed by atoms with van der Waals surface area (Å²) in [5, 5.41) is 6.39. The Morgan fingerprint density at radius 2 is 1.81 bits per heavy atom. The maximum absolute atomic E-state index is 14.3. The highest BCUT2D eigenvalue weighted by Gasteiger charge is 2.44. The maximum Gasteiger partial charge on any atom is 0.280 e. The van der Waals surface area contributed by atoms with Crippen LogP contribution in [0.3, 0.4) is 0 Å². The molecule has 2 saturated heterocycles. The van der Waals surface area contributed by atoms with E-state index in [2.05, 4.69) is 27.5 Å². The van der Waals surface area contributed by atoms with Crippen LogP contribution in [0.1, 0.15) is 103 Å². The predicted molar refractivity (Wildman–Crippen MR) is 133 cm³/mol. The average Bonchev–Trinajstić information content (AvgIpc) is 3.54. The van der Waals surface area contributed by atoms with E-state index >= 15 is 0 Å². The van der Waals surface area contributed by atoms with E-state index in [4.69, 9.17) is 0 Å². The highest BCUT2D eigenvalue weighted by atomic mass is 32.1. The summed E-state index contributed by atoms with van der Waals surface area (Å²) < 4.78 is 28.7. The Labute approximate surface area is 213 Å². The van der Waals surface area contributed by atoms with Crippen LogP contribution in [0.2, 0.25) is 0 Å². The first-order valence-electron chi connectivity index (χ1n) is 13.0. The third-order valence-corrected chi connectivity index (χ3v) is 9.54. The van der Waals surface area contributed by atoms with Gasteiger partial charge in [-0.3, -0.25) is 9.59 Å². The Balaban J connectivity index is 1.38. The number of hydrogen-bond donors (Lipinski definition) is 2. The summed E-state index contributed by atoms with van der Waals surface area (Å²) in [6.07, 6.45) is 8.37. The number of thiazole rings is 1. The number of amides is 2. The van der Waals surface area contributed by atoms with Crippen LogP contribution in [0.5, 0.6) is 0 Å². The number of aromatic nitrogens is 2. The van der Waals surface area contributed by atoms with Crippen LogP contribution in [-0.4, -0.2) is 50.3 Å². The fraction of sp³-hybridized carbons (Fsp3) is 0.615. The van der Waals surface area contributed by atoms with Crippen LogP contribution >= 0.6 is 11.3 Å². The molecule has 4 fully saturated rings. The molecule has 2 aliphatic carbocycles. The van der Waals surface area contributed by atoms with Gasteiger partial charge in [0.15, 0.2) is 5.01 Å². The summed E-state index contributed by atoms with van der Waals surface area (Å²) in [7, 11) is 0. The summed E-state index contributed by atoms with van der Waals surface area (Å²) in [4.78, 5) is 37.7. The number of alkyl halides is 2. The van der Waals surface area contributed by atoms with Crippen molar-refractivity contribution in [3.8, 4) is 10.4 Å². The van der Waals surface area contributed by atoms with Gasteiger partial charge in [-0.05, 0) is 77.2 Å².